The molecule has 1 aliphatic heterocycles. The molecule has 2 aromatic heterocycles. The Bertz CT molecular complexity index is 1380. The van der Waals surface area contributed by atoms with Gasteiger partial charge in [-0.15, -0.1) is 0 Å². The van der Waals surface area contributed by atoms with Crippen molar-refractivity contribution in [2.24, 2.45) is 0 Å². The van der Waals surface area contributed by atoms with Crippen molar-refractivity contribution < 1.29 is 4.79 Å². The fraction of sp³-hybridized carbons (Fsp3) is 0.179. The first-order valence-corrected chi connectivity index (χ1v) is 11.4. The summed E-state index contributed by atoms with van der Waals surface area (Å²) in [5, 5.41) is 13.5. The Morgan fingerprint density at radius 2 is 1.94 bits per heavy atom. The second-order valence-corrected chi connectivity index (χ2v) is 8.42. The van der Waals surface area contributed by atoms with Gasteiger partial charge in [0.05, 0.1) is 17.1 Å². The van der Waals surface area contributed by atoms with Crippen LogP contribution in [0.15, 0.2) is 79.1 Å². The lowest BCUT2D eigenvalue weighted by atomic mass is 10.0. The van der Waals surface area contributed by atoms with Gasteiger partial charge in [-0.2, -0.15) is 5.26 Å². The van der Waals surface area contributed by atoms with Crippen LogP contribution in [0.5, 0.6) is 0 Å². The van der Waals surface area contributed by atoms with Crippen molar-refractivity contribution in [1.82, 2.24) is 19.8 Å². The molecule has 6 heteroatoms. The summed E-state index contributed by atoms with van der Waals surface area (Å²) in [4.78, 5) is 19.7. The van der Waals surface area contributed by atoms with Crippen molar-refractivity contribution in [3.63, 3.8) is 0 Å². The Hall–Kier alpha value is -4.21. The van der Waals surface area contributed by atoms with Crippen molar-refractivity contribution in [2.45, 2.75) is 19.5 Å². The van der Waals surface area contributed by atoms with E-state index in [1.54, 1.807) is 17.0 Å². The number of aromatic nitrogens is 2. The van der Waals surface area contributed by atoms with Crippen LogP contribution in [0.25, 0.3) is 17.0 Å². The predicted octanol–water partition coefficient (Wildman–Crippen LogP) is 4.74. The SMILES string of the molecule is N#Cc1ccc2c3c(n(C(=O)NCc4ccncc4)c2c1)CCN(C/C=C/c1ccccc1)C3. The van der Waals surface area contributed by atoms with E-state index in [0.29, 0.717) is 12.1 Å². The maximum absolute atomic E-state index is 13.3. The van der Waals surface area contributed by atoms with Gasteiger partial charge in [0.25, 0.3) is 0 Å². The Kier molecular flexibility index (Phi) is 6.19. The number of fused-ring (bicyclic) bond motifs is 3. The summed E-state index contributed by atoms with van der Waals surface area (Å²) in [6, 6.07) is 21.7. The second-order valence-electron chi connectivity index (χ2n) is 8.42. The van der Waals surface area contributed by atoms with E-state index < -0.39 is 0 Å². The molecule has 0 bridgehead atoms. The van der Waals surface area contributed by atoms with Crippen LogP contribution in [0, 0.1) is 11.3 Å². The molecule has 0 unspecified atom stereocenters. The van der Waals surface area contributed by atoms with E-state index in [4.69, 9.17) is 0 Å². The molecule has 3 heterocycles. The number of hydrogen-bond donors (Lipinski definition) is 1. The zero-order valence-electron chi connectivity index (χ0n) is 18.8. The number of hydrogen-bond acceptors (Lipinski definition) is 4. The van der Waals surface area contributed by atoms with Crippen LogP contribution in [0.4, 0.5) is 4.79 Å². The molecule has 2 aromatic carbocycles. The fourth-order valence-corrected chi connectivity index (χ4v) is 4.53. The van der Waals surface area contributed by atoms with Gasteiger partial charge in [-0.25, -0.2) is 4.79 Å². The standard InChI is InChI=1S/C28H25N5O/c29-18-23-8-9-24-25-20-32(15-4-7-21-5-2-1-3-6-21)16-12-26(25)33(27(24)17-23)28(34)31-19-22-10-13-30-14-11-22/h1-11,13-14,17H,12,15-16,19-20H2,(H,31,34)/b7-4+. The van der Waals surface area contributed by atoms with Crippen molar-refractivity contribution in [1.29, 1.82) is 5.26 Å². The minimum Gasteiger partial charge on any atom is -0.333 e. The zero-order chi connectivity index (χ0) is 23.3. The molecule has 0 spiro atoms. The van der Waals surface area contributed by atoms with Gasteiger partial charge in [0.1, 0.15) is 0 Å². The van der Waals surface area contributed by atoms with E-state index >= 15 is 0 Å². The smallest absolute Gasteiger partial charge is 0.326 e. The third-order valence-electron chi connectivity index (χ3n) is 6.23. The normalized spacial score (nSPS) is 13.6. The van der Waals surface area contributed by atoms with Crippen LogP contribution < -0.4 is 5.32 Å². The van der Waals surface area contributed by atoms with Gasteiger partial charge in [-0.3, -0.25) is 14.5 Å². The largest absolute Gasteiger partial charge is 0.333 e. The van der Waals surface area contributed by atoms with Crippen LogP contribution >= 0.6 is 0 Å². The molecule has 34 heavy (non-hydrogen) atoms. The minimum absolute atomic E-state index is 0.171. The summed E-state index contributed by atoms with van der Waals surface area (Å²) in [6.07, 6.45) is 8.54. The average Bonchev–Trinajstić information content (AvgIpc) is 3.21. The molecule has 0 fully saturated rings. The van der Waals surface area contributed by atoms with E-state index in [-0.39, 0.29) is 6.03 Å². The van der Waals surface area contributed by atoms with E-state index in [1.807, 2.05) is 48.5 Å². The van der Waals surface area contributed by atoms with Gasteiger partial charge in [0.2, 0.25) is 0 Å². The molecule has 4 aromatic rings. The number of carbonyl (C=O) groups excluding carboxylic acids is 1. The van der Waals surface area contributed by atoms with Gasteiger partial charge in [-0.1, -0.05) is 48.6 Å². The van der Waals surface area contributed by atoms with Crippen LogP contribution in [0.1, 0.15) is 27.9 Å². The van der Waals surface area contributed by atoms with E-state index in [0.717, 1.165) is 53.8 Å². The van der Waals surface area contributed by atoms with Crippen molar-refractivity contribution >= 4 is 23.0 Å². The lowest BCUT2D eigenvalue weighted by Gasteiger charge is -2.27. The van der Waals surface area contributed by atoms with Gasteiger partial charge < -0.3 is 5.32 Å². The Balaban J connectivity index is 1.41. The summed E-state index contributed by atoms with van der Waals surface area (Å²) in [6.45, 7) is 2.89. The number of carbonyl (C=O) groups is 1. The fourth-order valence-electron chi connectivity index (χ4n) is 4.53. The molecular formula is C28H25N5O. The van der Waals surface area contributed by atoms with Crippen molar-refractivity contribution in [3.8, 4) is 6.07 Å². The number of rotatable bonds is 5. The molecule has 6 nitrogen and oxygen atoms in total. The third kappa shape index (κ3) is 4.47. The number of amides is 1. The molecule has 1 aliphatic rings. The van der Waals surface area contributed by atoms with Crippen molar-refractivity contribution in [2.75, 3.05) is 13.1 Å². The molecule has 1 N–H and O–H groups in total. The van der Waals surface area contributed by atoms with Crippen LogP contribution in [0.2, 0.25) is 0 Å². The number of nitrogens with zero attached hydrogens (tertiary/aromatic N) is 4. The monoisotopic (exact) mass is 447 g/mol. The highest BCUT2D eigenvalue weighted by molar-refractivity contribution is 5.96. The number of pyridine rings is 1. The second kappa shape index (κ2) is 9.74. The maximum Gasteiger partial charge on any atom is 0.326 e. The minimum atomic E-state index is -0.171. The molecular weight excluding hydrogens is 422 g/mol. The highest BCUT2D eigenvalue weighted by Crippen LogP contribution is 2.31. The highest BCUT2D eigenvalue weighted by atomic mass is 16.2. The van der Waals surface area contributed by atoms with E-state index in [1.165, 1.54) is 5.56 Å². The molecule has 0 saturated carbocycles. The average molecular weight is 448 g/mol. The van der Waals surface area contributed by atoms with Crippen LogP contribution in [0.3, 0.4) is 0 Å². The molecule has 1 amide bonds. The lowest BCUT2D eigenvalue weighted by molar-refractivity contribution is 0.240. The molecule has 0 aliphatic carbocycles. The molecule has 0 atom stereocenters. The van der Waals surface area contributed by atoms with E-state index in [9.17, 15) is 10.1 Å². The summed E-state index contributed by atoms with van der Waals surface area (Å²) in [7, 11) is 0. The Morgan fingerprint density at radius 3 is 2.74 bits per heavy atom. The van der Waals surface area contributed by atoms with Crippen molar-refractivity contribution in [3.05, 3.63) is 107 Å². The maximum atomic E-state index is 13.3. The van der Waals surface area contributed by atoms with Gasteiger partial charge >= 0.3 is 6.03 Å². The lowest BCUT2D eigenvalue weighted by Crippen LogP contribution is -2.34. The topological polar surface area (TPSA) is 74.0 Å². The number of nitriles is 1. The molecule has 0 saturated heterocycles. The summed E-state index contributed by atoms with van der Waals surface area (Å²) in [5.74, 6) is 0. The summed E-state index contributed by atoms with van der Waals surface area (Å²) in [5.41, 5.74) is 5.71. The first-order chi connectivity index (χ1) is 16.7. The quantitative estimate of drug-likeness (QED) is 0.480. The van der Waals surface area contributed by atoms with E-state index in [2.05, 4.69) is 45.6 Å². The molecule has 0 radical (unpaired) electrons. The summed E-state index contributed by atoms with van der Waals surface area (Å²) >= 11 is 0. The third-order valence-corrected chi connectivity index (χ3v) is 6.23. The first-order valence-electron chi connectivity index (χ1n) is 11.4. The van der Waals surface area contributed by atoms with Gasteiger partial charge in [0.15, 0.2) is 0 Å². The predicted molar refractivity (Wildman–Crippen MR) is 133 cm³/mol. The van der Waals surface area contributed by atoms with Gasteiger partial charge in [0, 0.05) is 56.1 Å². The van der Waals surface area contributed by atoms with Gasteiger partial charge in [-0.05, 0) is 41.0 Å². The number of benzene rings is 2. The Morgan fingerprint density at radius 1 is 1.12 bits per heavy atom. The molecule has 5 rings (SSSR count). The molecule has 168 valence electrons. The first kappa shape index (κ1) is 21.6. The van der Waals surface area contributed by atoms with Crippen LogP contribution in [-0.2, 0) is 19.5 Å². The van der Waals surface area contributed by atoms with Crippen LogP contribution in [-0.4, -0.2) is 33.6 Å². The summed E-state index contributed by atoms with van der Waals surface area (Å²) < 4.78 is 1.77. The Labute approximate surface area is 198 Å². The zero-order valence-corrected chi connectivity index (χ0v) is 18.8. The highest BCUT2D eigenvalue weighted by Gasteiger charge is 2.26. The number of nitrogens with one attached hydrogen (secondary N) is 1.